The van der Waals surface area contributed by atoms with Crippen molar-refractivity contribution in [3.63, 3.8) is 0 Å². The van der Waals surface area contributed by atoms with Crippen molar-refractivity contribution in [1.82, 2.24) is 10.2 Å². The molecule has 2 aliphatic heterocycles. The summed E-state index contributed by atoms with van der Waals surface area (Å²) in [6, 6.07) is 0. The standard InChI is InChI=1S/C17H30N2O/c20-16(15-6-4-2-1-3-5-7-15)19-13-10-17(14-19)8-11-18-12-9-17/h15,18H,1-14H2. The average molecular weight is 278 g/mol. The number of nitrogens with zero attached hydrogens (tertiary/aromatic N) is 1. The van der Waals surface area contributed by atoms with Crippen LogP contribution in [0.25, 0.3) is 0 Å². The first-order valence-corrected chi connectivity index (χ1v) is 8.79. The molecular formula is C17H30N2O. The van der Waals surface area contributed by atoms with Gasteiger partial charge in [0.2, 0.25) is 5.91 Å². The van der Waals surface area contributed by atoms with Gasteiger partial charge in [0, 0.05) is 19.0 Å². The first kappa shape index (κ1) is 14.4. The summed E-state index contributed by atoms with van der Waals surface area (Å²) < 4.78 is 0. The van der Waals surface area contributed by atoms with E-state index in [2.05, 4.69) is 10.2 Å². The third-order valence-electron chi connectivity index (χ3n) is 5.87. The maximum Gasteiger partial charge on any atom is 0.225 e. The fourth-order valence-electron chi connectivity index (χ4n) is 4.45. The van der Waals surface area contributed by atoms with Crippen molar-refractivity contribution in [1.29, 1.82) is 0 Å². The van der Waals surface area contributed by atoms with Crippen LogP contribution in [0.2, 0.25) is 0 Å². The minimum atomic E-state index is 0.340. The second-order valence-electron chi connectivity index (χ2n) is 7.30. The molecule has 2 heterocycles. The molecule has 3 fully saturated rings. The van der Waals surface area contributed by atoms with Crippen molar-refractivity contribution in [2.75, 3.05) is 26.2 Å². The largest absolute Gasteiger partial charge is 0.342 e. The Morgan fingerprint density at radius 2 is 1.60 bits per heavy atom. The van der Waals surface area contributed by atoms with Crippen molar-refractivity contribution in [3.05, 3.63) is 0 Å². The lowest BCUT2D eigenvalue weighted by Gasteiger charge is -2.34. The van der Waals surface area contributed by atoms with Gasteiger partial charge in [0.25, 0.3) is 0 Å². The van der Waals surface area contributed by atoms with Gasteiger partial charge in [-0.05, 0) is 50.6 Å². The second-order valence-corrected chi connectivity index (χ2v) is 7.30. The van der Waals surface area contributed by atoms with Gasteiger partial charge in [0.15, 0.2) is 0 Å². The Bertz CT molecular complexity index is 328. The van der Waals surface area contributed by atoms with Crippen LogP contribution in [0.3, 0.4) is 0 Å². The molecule has 0 radical (unpaired) electrons. The van der Waals surface area contributed by atoms with Crippen molar-refractivity contribution >= 4 is 5.91 Å². The van der Waals surface area contributed by atoms with Gasteiger partial charge in [-0.15, -0.1) is 0 Å². The second kappa shape index (κ2) is 6.46. The Morgan fingerprint density at radius 3 is 2.30 bits per heavy atom. The number of carbonyl (C=O) groups excluding carboxylic acids is 1. The molecule has 0 aromatic heterocycles. The molecule has 0 unspecified atom stereocenters. The van der Waals surface area contributed by atoms with Gasteiger partial charge in [0.1, 0.15) is 0 Å². The van der Waals surface area contributed by atoms with E-state index in [9.17, 15) is 4.79 Å². The van der Waals surface area contributed by atoms with Gasteiger partial charge in [-0.1, -0.05) is 32.1 Å². The number of amides is 1. The Kier molecular flexibility index (Phi) is 4.65. The number of likely N-dealkylation sites (tertiary alicyclic amines) is 1. The van der Waals surface area contributed by atoms with E-state index in [1.165, 1.54) is 51.4 Å². The average Bonchev–Trinajstić information content (AvgIpc) is 2.82. The summed E-state index contributed by atoms with van der Waals surface area (Å²) in [6.07, 6.45) is 12.6. The fraction of sp³-hybridized carbons (Fsp3) is 0.941. The first-order valence-electron chi connectivity index (χ1n) is 8.79. The summed E-state index contributed by atoms with van der Waals surface area (Å²) in [5.74, 6) is 0.828. The lowest BCUT2D eigenvalue weighted by Crippen LogP contribution is -2.41. The molecule has 1 amide bonds. The molecule has 3 aliphatic rings. The zero-order valence-corrected chi connectivity index (χ0v) is 12.8. The van der Waals surface area contributed by atoms with Crippen LogP contribution in [0.15, 0.2) is 0 Å². The van der Waals surface area contributed by atoms with E-state index in [4.69, 9.17) is 0 Å². The molecular weight excluding hydrogens is 248 g/mol. The Hall–Kier alpha value is -0.570. The third kappa shape index (κ3) is 3.19. The molecule has 1 N–H and O–H groups in total. The molecule has 3 heteroatoms. The fourth-order valence-corrected chi connectivity index (χ4v) is 4.45. The van der Waals surface area contributed by atoms with E-state index in [0.717, 1.165) is 39.0 Å². The number of rotatable bonds is 1. The molecule has 1 spiro atoms. The molecule has 1 aliphatic carbocycles. The van der Waals surface area contributed by atoms with Gasteiger partial charge in [-0.2, -0.15) is 0 Å². The molecule has 0 aromatic carbocycles. The van der Waals surface area contributed by atoms with Gasteiger partial charge < -0.3 is 10.2 Å². The first-order chi connectivity index (χ1) is 9.79. The predicted octanol–water partition coefficient (Wildman–Crippen LogP) is 2.95. The van der Waals surface area contributed by atoms with Gasteiger partial charge in [-0.25, -0.2) is 0 Å². The van der Waals surface area contributed by atoms with E-state index in [1.54, 1.807) is 0 Å². The Morgan fingerprint density at radius 1 is 0.950 bits per heavy atom. The molecule has 114 valence electrons. The highest BCUT2D eigenvalue weighted by atomic mass is 16.2. The minimum absolute atomic E-state index is 0.340. The molecule has 0 aromatic rings. The van der Waals surface area contributed by atoms with Crippen LogP contribution in [-0.4, -0.2) is 37.0 Å². The normalized spacial score (nSPS) is 28.3. The Balaban J connectivity index is 1.57. The van der Waals surface area contributed by atoms with E-state index in [1.807, 2.05) is 0 Å². The van der Waals surface area contributed by atoms with Crippen LogP contribution in [0, 0.1) is 11.3 Å². The molecule has 1 saturated carbocycles. The van der Waals surface area contributed by atoms with Gasteiger partial charge in [-0.3, -0.25) is 4.79 Å². The molecule has 0 bridgehead atoms. The molecule has 2 saturated heterocycles. The lowest BCUT2D eigenvalue weighted by atomic mass is 9.78. The van der Waals surface area contributed by atoms with E-state index < -0.39 is 0 Å². The predicted molar refractivity (Wildman–Crippen MR) is 81.5 cm³/mol. The lowest BCUT2D eigenvalue weighted by molar-refractivity contribution is -0.135. The zero-order valence-electron chi connectivity index (χ0n) is 12.8. The van der Waals surface area contributed by atoms with Crippen molar-refractivity contribution < 1.29 is 4.79 Å². The summed E-state index contributed by atoms with van der Waals surface area (Å²) in [6.45, 7) is 4.36. The summed E-state index contributed by atoms with van der Waals surface area (Å²) in [4.78, 5) is 15.0. The topological polar surface area (TPSA) is 32.3 Å². The van der Waals surface area contributed by atoms with Gasteiger partial charge >= 0.3 is 0 Å². The quantitative estimate of drug-likeness (QED) is 0.800. The molecule has 3 rings (SSSR count). The van der Waals surface area contributed by atoms with Crippen LogP contribution >= 0.6 is 0 Å². The van der Waals surface area contributed by atoms with Crippen molar-refractivity contribution in [3.8, 4) is 0 Å². The summed E-state index contributed by atoms with van der Waals surface area (Å²) in [5, 5.41) is 3.46. The Labute approximate surface area is 123 Å². The third-order valence-corrected chi connectivity index (χ3v) is 5.87. The van der Waals surface area contributed by atoms with Crippen LogP contribution in [0.1, 0.15) is 64.2 Å². The van der Waals surface area contributed by atoms with Crippen molar-refractivity contribution in [2.45, 2.75) is 64.2 Å². The maximum absolute atomic E-state index is 12.8. The van der Waals surface area contributed by atoms with Gasteiger partial charge in [0.05, 0.1) is 0 Å². The smallest absolute Gasteiger partial charge is 0.225 e. The highest BCUT2D eigenvalue weighted by Gasteiger charge is 2.41. The van der Waals surface area contributed by atoms with Crippen LogP contribution in [0.5, 0.6) is 0 Å². The minimum Gasteiger partial charge on any atom is -0.342 e. The molecule has 0 atom stereocenters. The summed E-state index contributed by atoms with van der Waals surface area (Å²) >= 11 is 0. The molecule has 20 heavy (non-hydrogen) atoms. The monoisotopic (exact) mass is 278 g/mol. The van der Waals surface area contributed by atoms with Crippen LogP contribution in [0.4, 0.5) is 0 Å². The van der Waals surface area contributed by atoms with Crippen LogP contribution < -0.4 is 5.32 Å². The van der Waals surface area contributed by atoms with E-state index >= 15 is 0 Å². The number of carbonyl (C=O) groups is 1. The van der Waals surface area contributed by atoms with Crippen molar-refractivity contribution in [2.24, 2.45) is 11.3 Å². The number of nitrogens with one attached hydrogen (secondary N) is 1. The van der Waals surface area contributed by atoms with Crippen LogP contribution in [-0.2, 0) is 4.79 Å². The number of piperidine rings is 1. The highest BCUT2D eigenvalue weighted by Crippen LogP contribution is 2.39. The maximum atomic E-state index is 12.8. The summed E-state index contributed by atoms with van der Waals surface area (Å²) in [5.41, 5.74) is 0.461. The molecule has 3 nitrogen and oxygen atoms in total. The summed E-state index contributed by atoms with van der Waals surface area (Å²) in [7, 11) is 0. The highest BCUT2D eigenvalue weighted by molar-refractivity contribution is 5.79. The SMILES string of the molecule is O=C(C1CCCCCCC1)N1CCC2(CCNCC2)C1. The zero-order chi connectivity index (χ0) is 13.8. The number of hydrogen-bond donors (Lipinski definition) is 1. The number of hydrogen-bond acceptors (Lipinski definition) is 2. The van der Waals surface area contributed by atoms with E-state index in [-0.39, 0.29) is 0 Å². The van der Waals surface area contributed by atoms with E-state index in [0.29, 0.717) is 17.2 Å².